The summed E-state index contributed by atoms with van der Waals surface area (Å²) >= 11 is 0. The number of ether oxygens (including phenoxy) is 2. The van der Waals surface area contributed by atoms with Crippen molar-refractivity contribution in [3.63, 3.8) is 0 Å². The summed E-state index contributed by atoms with van der Waals surface area (Å²) in [6.45, 7) is 2.48. The van der Waals surface area contributed by atoms with Gasteiger partial charge in [0.25, 0.3) is 0 Å². The summed E-state index contributed by atoms with van der Waals surface area (Å²) < 4.78 is 42.9. The van der Waals surface area contributed by atoms with Crippen LogP contribution >= 0.6 is 0 Å². The Hall–Kier alpha value is -1.42. The minimum atomic E-state index is -3.52. The molecule has 2 fully saturated rings. The summed E-state index contributed by atoms with van der Waals surface area (Å²) in [7, 11) is -3.52. The number of carbonyl (C=O) groups is 1. The third kappa shape index (κ3) is 5.27. The molecule has 0 aromatic carbocycles. The Morgan fingerprint density at radius 1 is 1.28 bits per heavy atom. The van der Waals surface area contributed by atoms with Crippen LogP contribution in [0.1, 0.15) is 18.6 Å². The molecule has 3 rings (SSSR count). The molecule has 0 radical (unpaired) electrons. The van der Waals surface area contributed by atoms with Crippen molar-refractivity contribution in [1.82, 2.24) is 9.62 Å². The molecular formula is C16H24N2O6S. The Morgan fingerprint density at radius 2 is 2.08 bits per heavy atom. The predicted octanol–water partition coefficient (Wildman–Crippen LogP) is 0.353. The van der Waals surface area contributed by atoms with E-state index in [4.69, 9.17) is 13.9 Å². The monoisotopic (exact) mass is 372 g/mol. The van der Waals surface area contributed by atoms with Crippen molar-refractivity contribution in [2.75, 3.05) is 38.7 Å². The van der Waals surface area contributed by atoms with Crippen molar-refractivity contribution < 1.29 is 27.1 Å². The number of rotatable bonds is 6. The summed E-state index contributed by atoms with van der Waals surface area (Å²) in [6.07, 6.45) is 2.42. The Bertz CT molecular complexity index is 654. The fraction of sp³-hybridized carbons (Fsp3) is 0.688. The molecule has 1 N–H and O–H groups in total. The summed E-state index contributed by atoms with van der Waals surface area (Å²) in [5.74, 6) is 0.425. The summed E-state index contributed by atoms with van der Waals surface area (Å²) in [4.78, 5) is 14.3. The number of amides is 1. The molecule has 0 aliphatic carbocycles. The number of hydrogen-bond acceptors (Lipinski definition) is 6. The molecule has 1 aromatic rings. The van der Waals surface area contributed by atoms with Gasteiger partial charge in [-0.05, 0) is 25.0 Å². The van der Waals surface area contributed by atoms with Gasteiger partial charge in [-0.2, -0.15) is 0 Å². The van der Waals surface area contributed by atoms with Crippen LogP contribution in [0, 0.1) is 5.92 Å². The van der Waals surface area contributed by atoms with Gasteiger partial charge in [0.15, 0.2) is 0 Å². The molecular weight excluding hydrogens is 348 g/mol. The SMILES string of the molecule is O=C(C1CCOCC1)N1CCO[C@@H](CS(=O)(=O)NCc2ccco2)C1. The first-order chi connectivity index (χ1) is 12.0. The molecule has 2 aliphatic heterocycles. The highest BCUT2D eigenvalue weighted by molar-refractivity contribution is 7.89. The first kappa shape index (κ1) is 18.4. The average Bonchev–Trinajstić information content (AvgIpc) is 3.14. The second-order valence-electron chi connectivity index (χ2n) is 6.35. The number of furan rings is 1. The van der Waals surface area contributed by atoms with E-state index in [1.165, 1.54) is 6.26 Å². The van der Waals surface area contributed by atoms with E-state index in [9.17, 15) is 13.2 Å². The maximum atomic E-state index is 12.6. The molecule has 8 nitrogen and oxygen atoms in total. The van der Waals surface area contributed by atoms with Gasteiger partial charge in [0, 0.05) is 32.2 Å². The minimum absolute atomic E-state index is 0.0267. The van der Waals surface area contributed by atoms with E-state index >= 15 is 0 Å². The van der Waals surface area contributed by atoms with Gasteiger partial charge in [-0.1, -0.05) is 0 Å². The molecule has 0 spiro atoms. The van der Waals surface area contributed by atoms with Crippen LogP contribution in [0.15, 0.2) is 22.8 Å². The fourth-order valence-corrected chi connectivity index (χ4v) is 4.29. The van der Waals surface area contributed by atoms with E-state index in [2.05, 4.69) is 4.72 Å². The second kappa shape index (κ2) is 8.31. The van der Waals surface area contributed by atoms with E-state index < -0.39 is 16.1 Å². The zero-order valence-electron chi connectivity index (χ0n) is 14.1. The number of sulfonamides is 1. The van der Waals surface area contributed by atoms with Crippen molar-refractivity contribution in [2.24, 2.45) is 5.92 Å². The quantitative estimate of drug-likeness (QED) is 0.774. The minimum Gasteiger partial charge on any atom is -0.468 e. The van der Waals surface area contributed by atoms with Crippen LogP contribution in [0.3, 0.4) is 0 Å². The zero-order chi connectivity index (χ0) is 17.7. The predicted molar refractivity (Wildman–Crippen MR) is 89.2 cm³/mol. The van der Waals surface area contributed by atoms with Crippen LogP contribution in [-0.2, 0) is 30.8 Å². The summed E-state index contributed by atoms with van der Waals surface area (Å²) in [5.41, 5.74) is 0. The first-order valence-corrected chi connectivity index (χ1v) is 10.2. The molecule has 1 aromatic heterocycles. The van der Waals surface area contributed by atoms with Crippen LogP contribution in [0.2, 0.25) is 0 Å². The largest absolute Gasteiger partial charge is 0.468 e. The topological polar surface area (TPSA) is 98.1 Å². The van der Waals surface area contributed by atoms with Crippen LogP contribution in [0.5, 0.6) is 0 Å². The maximum absolute atomic E-state index is 12.6. The van der Waals surface area contributed by atoms with Crippen molar-refractivity contribution >= 4 is 15.9 Å². The van der Waals surface area contributed by atoms with E-state index in [1.54, 1.807) is 17.0 Å². The molecule has 25 heavy (non-hydrogen) atoms. The van der Waals surface area contributed by atoms with Gasteiger partial charge in [-0.25, -0.2) is 13.1 Å². The Kier molecular flexibility index (Phi) is 6.10. The van der Waals surface area contributed by atoms with E-state index in [1.807, 2.05) is 0 Å². The third-order valence-corrected chi connectivity index (χ3v) is 5.87. The molecule has 9 heteroatoms. The lowest BCUT2D eigenvalue weighted by Crippen LogP contribution is -2.51. The molecule has 3 heterocycles. The molecule has 0 unspecified atom stereocenters. The Morgan fingerprint density at radius 3 is 2.80 bits per heavy atom. The standard InChI is InChI=1S/C16H24N2O6S/c19-16(13-3-7-22-8-4-13)18-5-9-24-15(11-18)12-25(20,21)17-10-14-2-1-6-23-14/h1-2,6,13,15,17H,3-5,7-12H2/t15-/m1/s1. The highest BCUT2D eigenvalue weighted by Gasteiger charge is 2.32. The van der Waals surface area contributed by atoms with Gasteiger partial charge in [-0.3, -0.25) is 4.79 Å². The highest BCUT2D eigenvalue weighted by atomic mass is 32.2. The molecule has 2 aliphatic rings. The van der Waals surface area contributed by atoms with E-state index in [0.717, 1.165) is 12.8 Å². The lowest BCUT2D eigenvalue weighted by Gasteiger charge is -2.35. The van der Waals surface area contributed by atoms with Crippen LogP contribution in [0.25, 0.3) is 0 Å². The Balaban J connectivity index is 1.51. The smallest absolute Gasteiger partial charge is 0.226 e. The lowest BCUT2D eigenvalue weighted by atomic mass is 9.98. The molecule has 1 atom stereocenters. The number of carbonyl (C=O) groups excluding carboxylic acids is 1. The van der Waals surface area contributed by atoms with E-state index in [0.29, 0.717) is 38.7 Å². The average molecular weight is 372 g/mol. The number of hydrogen-bond donors (Lipinski definition) is 1. The third-order valence-electron chi connectivity index (χ3n) is 4.47. The van der Waals surface area contributed by atoms with Crippen molar-refractivity contribution in [3.8, 4) is 0 Å². The molecule has 140 valence electrons. The molecule has 0 bridgehead atoms. The highest BCUT2D eigenvalue weighted by Crippen LogP contribution is 2.19. The normalized spacial score (nSPS) is 22.9. The number of morpholine rings is 1. The van der Waals surface area contributed by atoms with Gasteiger partial charge in [-0.15, -0.1) is 0 Å². The van der Waals surface area contributed by atoms with Crippen molar-refractivity contribution in [3.05, 3.63) is 24.2 Å². The van der Waals surface area contributed by atoms with Crippen LogP contribution < -0.4 is 4.72 Å². The lowest BCUT2D eigenvalue weighted by molar-refractivity contribution is -0.145. The number of nitrogens with one attached hydrogen (secondary N) is 1. The Labute approximate surface area is 147 Å². The van der Waals surface area contributed by atoms with Gasteiger partial charge >= 0.3 is 0 Å². The summed E-state index contributed by atoms with van der Waals surface area (Å²) in [5, 5.41) is 0. The van der Waals surface area contributed by atoms with Crippen molar-refractivity contribution in [1.29, 1.82) is 0 Å². The van der Waals surface area contributed by atoms with Gasteiger partial charge in [0.2, 0.25) is 15.9 Å². The van der Waals surface area contributed by atoms with Gasteiger partial charge < -0.3 is 18.8 Å². The molecule has 2 saturated heterocycles. The van der Waals surface area contributed by atoms with Crippen molar-refractivity contribution in [2.45, 2.75) is 25.5 Å². The molecule has 0 saturated carbocycles. The zero-order valence-corrected chi connectivity index (χ0v) is 14.9. The second-order valence-corrected chi connectivity index (χ2v) is 8.20. The number of nitrogens with zero attached hydrogens (tertiary/aromatic N) is 1. The van der Waals surface area contributed by atoms with E-state index in [-0.39, 0.29) is 24.1 Å². The summed E-state index contributed by atoms with van der Waals surface area (Å²) in [6, 6.07) is 3.40. The first-order valence-electron chi connectivity index (χ1n) is 8.51. The van der Waals surface area contributed by atoms with Gasteiger partial charge in [0.05, 0.1) is 31.3 Å². The fourth-order valence-electron chi connectivity index (χ4n) is 3.12. The van der Waals surface area contributed by atoms with Crippen LogP contribution in [-0.4, -0.2) is 64.0 Å². The van der Waals surface area contributed by atoms with Crippen LogP contribution in [0.4, 0.5) is 0 Å². The van der Waals surface area contributed by atoms with Gasteiger partial charge in [0.1, 0.15) is 5.76 Å². The molecule has 1 amide bonds. The maximum Gasteiger partial charge on any atom is 0.226 e.